The monoisotopic (exact) mass is 325 g/mol. The van der Waals surface area contributed by atoms with Crippen LogP contribution in [0.15, 0.2) is 16.6 Å². The van der Waals surface area contributed by atoms with Gasteiger partial charge in [-0.2, -0.15) is 5.26 Å². The summed E-state index contributed by atoms with van der Waals surface area (Å²) in [4.78, 5) is 0. The lowest BCUT2D eigenvalue weighted by atomic mass is 10.2. The summed E-state index contributed by atoms with van der Waals surface area (Å²) in [5, 5.41) is 8.44. The van der Waals surface area contributed by atoms with E-state index < -0.39 is 5.82 Å². The molecule has 0 saturated heterocycles. The third-order valence-electron chi connectivity index (χ3n) is 1.11. The van der Waals surface area contributed by atoms with Gasteiger partial charge in [0.05, 0.1) is 16.1 Å². The average Bonchev–Trinajstić information content (AvgIpc) is 1.99. The molecule has 0 N–H and O–H groups in total. The molecule has 1 aromatic rings. The molecule has 1 nitrogen and oxygen atoms in total. The lowest BCUT2D eigenvalue weighted by Crippen LogP contribution is -1.84. The van der Waals surface area contributed by atoms with Crippen LogP contribution in [0.3, 0.4) is 0 Å². The Hall–Kier alpha value is -0.150. The Kier molecular flexibility index (Phi) is 2.84. The van der Waals surface area contributed by atoms with Crippen molar-refractivity contribution in [2.45, 2.75) is 0 Å². The van der Waals surface area contributed by atoms with Crippen molar-refractivity contribution in [1.82, 2.24) is 0 Å². The minimum atomic E-state index is -0.395. The first-order chi connectivity index (χ1) is 5.15. The highest BCUT2D eigenvalue weighted by atomic mass is 127. The first-order valence-electron chi connectivity index (χ1n) is 2.70. The zero-order valence-electron chi connectivity index (χ0n) is 5.24. The highest BCUT2D eigenvalue weighted by Gasteiger charge is 2.04. The molecular weight excluding hydrogens is 324 g/mol. The van der Waals surface area contributed by atoms with E-state index in [0.717, 1.165) is 0 Å². The Labute approximate surface area is 85.5 Å². The number of hydrogen-bond acceptors (Lipinski definition) is 1. The van der Waals surface area contributed by atoms with Gasteiger partial charge in [0.15, 0.2) is 0 Å². The second kappa shape index (κ2) is 3.50. The molecular formula is C7H2BrFIN. The van der Waals surface area contributed by atoms with Crippen molar-refractivity contribution in [3.05, 3.63) is 31.6 Å². The Morgan fingerprint density at radius 1 is 1.55 bits per heavy atom. The molecule has 11 heavy (non-hydrogen) atoms. The molecule has 0 atom stereocenters. The molecule has 0 unspecified atom stereocenters. The van der Waals surface area contributed by atoms with Crippen LogP contribution in [0.5, 0.6) is 0 Å². The van der Waals surface area contributed by atoms with Gasteiger partial charge in [0.1, 0.15) is 5.82 Å². The van der Waals surface area contributed by atoms with E-state index >= 15 is 0 Å². The van der Waals surface area contributed by atoms with E-state index in [4.69, 9.17) is 5.26 Å². The van der Waals surface area contributed by atoms with Crippen molar-refractivity contribution < 1.29 is 4.39 Å². The molecule has 0 bridgehead atoms. The number of rotatable bonds is 0. The van der Waals surface area contributed by atoms with E-state index in [-0.39, 0.29) is 0 Å². The van der Waals surface area contributed by atoms with Crippen LogP contribution in [0.1, 0.15) is 5.56 Å². The van der Waals surface area contributed by atoms with E-state index in [9.17, 15) is 4.39 Å². The van der Waals surface area contributed by atoms with Gasteiger partial charge in [0, 0.05) is 3.57 Å². The van der Waals surface area contributed by atoms with Gasteiger partial charge in [0.25, 0.3) is 0 Å². The van der Waals surface area contributed by atoms with Gasteiger partial charge in [-0.1, -0.05) is 0 Å². The van der Waals surface area contributed by atoms with Crippen LogP contribution in [-0.4, -0.2) is 0 Å². The molecule has 1 aromatic carbocycles. The van der Waals surface area contributed by atoms with Crippen LogP contribution in [0.25, 0.3) is 0 Å². The van der Waals surface area contributed by atoms with Crippen LogP contribution >= 0.6 is 38.5 Å². The van der Waals surface area contributed by atoms with Crippen LogP contribution in [0.2, 0.25) is 0 Å². The Morgan fingerprint density at radius 3 is 2.64 bits per heavy atom. The molecule has 0 amide bonds. The Balaban J connectivity index is 3.35. The lowest BCUT2D eigenvalue weighted by Gasteiger charge is -1.97. The van der Waals surface area contributed by atoms with Gasteiger partial charge in [-0.05, 0) is 50.7 Å². The standard InChI is InChI=1S/C7H2BrFIN/c8-7-5(9)1-4(3-11)2-6(7)10/h1-2H. The van der Waals surface area contributed by atoms with Crippen molar-refractivity contribution in [2.75, 3.05) is 0 Å². The molecule has 0 spiro atoms. The summed E-state index contributed by atoms with van der Waals surface area (Å²) in [6.07, 6.45) is 0. The van der Waals surface area contributed by atoms with E-state index in [0.29, 0.717) is 13.6 Å². The number of nitriles is 1. The predicted octanol–water partition coefficient (Wildman–Crippen LogP) is 3.06. The van der Waals surface area contributed by atoms with Crippen molar-refractivity contribution in [3.63, 3.8) is 0 Å². The Morgan fingerprint density at radius 2 is 2.18 bits per heavy atom. The van der Waals surface area contributed by atoms with Gasteiger partial charge in [-0.15, -0.1) is 0 Å². The fraction of sp³-hybridized carbons (Fsp3) is 0. The first kappa shape index (κ1) is 8.94. The number of nitrogens with zero attached hydrogens (tertiary/aromatic N) is 1. The molecule has 0 aromatic heterocycles. The fourth-order valence-corrected chi connectivity index (χ4v) is 1.44. The third-order valence-corrected chi connectivity index (χ3v) is 3.51. The topological polar surface area (TPSA) is 23.8 Å². The molecule has 0 heterocycles. The SMILES string of the molecule is N#Cc1cc(F)c(Br)c(I)c1. The summed E-state index contributed by atoms with van der Waals surface area (Å²) in [6, 6.07) is 4.69. The van der Waals surface area contributed by atoms with E-state index in [2.05, 4.69) is 15.9 Å². The van der Waals surface area contributed by atoms with Crippen LogP contribution in [0.4, 0.5) is 4.39 Å². The maximum absolute atomic E-state index is 12.8. The zero-order valence-corrected chi connectivity index (χ0v) is 8.98. The number of benzene rings is 1. The predicted molar refractivity (Wildman–Crippen MR) is 51.5 cm³/mol. The Bertz CT molecular complexity index is 309. The minimum absolute atomic E-state index is 0.343. The maximum atomic E-state index is 12.8. The van der Waals surface area contributed by atoms with Crippen LogP contribution in [-0.2, 0) is 0 Å². The smallest absolute Gasteiger partial charge is 0.139 e. The average molecular weight is 326 g/mol. The van der Waals surface area contributed by atoms with Gasteiger partial charge >= 0.3 is 0 Å². The first-order valence-corrected chi connectivity index (χ1v) is 4.57. The summed E-state index contributed by atoms with van der Waals surface area (Å²) < 4.78 is 13.9. The molecule has 0 aliphatic rings. The van der Waals surface area contributed by atoms with E-state index in [1.807, 2.05) is 28.7 Å². The van der Waals surface area contributed by atoms with Crippen molar-refractivity contribution >= 4 is 38.5 Å². The van der Waals surface area contributed by atoms with Gasteiger partial charge in [-0.3, -0.25) is 0 Å². The van der Waals surface area contributed by atoms with Crippen LogP contribution in [0, 0.1) is 20.7 Å². The molecule has 4 heteroatoms. The molecule has 0 aliphatic heterocycles. The largest absolute Gasteiger partial charge is 0.206 e. The molecule has 0 fully saturated rings. The summed E-state index contributed by atoms with van der Waals surface area (Å²) in [5.41, 5.74) is 0.343. The van der Waals surface area contributed by atoms with Gasteiger partial charge in [-0.25, -0.2) is 4.39 Å². The molecule has 1 rings (SSSR count). The molecule has 56 valence electrons. The highest BCUT2D eigenvalue weighted by Crippen LogP contribution is 2.23. The quantitative estimate of drug-likeness (QED) is 0.531. The number of halogens is 3. The maximum Gasteiger partial charge on any atom is 0.139 e. The van der Waals surface area contributed by atoms with Gasteiger partial charge in [0.2, 0.25) is 0 Å². The zero-order chi connectivity index (χ0) is 8.43. The normalized spacial score (nSPS) is 9.27. The van der Waals surface area contributed by atoms with Crippen molar-refractivity contribution in [2.24, 2.45) is 0 Å². The second-order valence-electron chi connectivity index (χ2n) is 1.87. The molecule has 0 saturated carbocycles. The van der Waals surface area contributed by atoms with E-state index in [1.54, 1.807) is 6.07 Å². The van der Waals surface area contributed by atoms with Crippen molar-refractivity contribution in [1.29, 1.82) is 5.26 Å². The summed E-state index contributed by atoms with van der Waals surface area (Å²) >= 11 is 5.01. The molecule has 0 aliphatic carbocycles. The van der Waals surface area contributed by atoms with Crippen molar-refractivity contribution in [3.8, 4) is 6.07 Å². The van der Waals surface area contributed by atoms with E-state index in [1.165, 1.54) is 6.07 Å². The summed E-state index contributed by atoms with van der Waals surface area (Å²) in [6.45, 7) is 0. The minimum Gasteiger partial charge on any atom is -0.206 e. The third kappa shape index (κ3) is 1.91. The second-order valence-corrected chi connectivity index (χ2v) is 3.82. The molecule has 0 radical (unpaired) electrons. The lowest BCUT2D eigenvalue weighted by molar-refractivity contribution is 0.619. The number of hydrogen-bond donors (Lipinski definition) is 0. The highest BCUT2D eigenvalue weighted by molar-refractivity contribution is 14.1. The van der Waals surface area contributed by atoms with Crippen LogP contribution < -0.4 is 0 Å². The summed E-state index contributed by atoms with van der Waals surface area (Å²) in [5.74, 6) is -0.395. The fourth-order valence-electron chi connectivity index (χ4n) is 0.620. The summed E-state index contributed by atoms with van der Waals surface area (Å²) in [7, 11) is 0. The van der Waals surface area contributed by atoms with Gasteiger partial charge < -0.3 is 0 Å².